The summed E-state index contributed by atoms with van der Waals surface area (Å²) >= 11 is 7.27. The topological polar surface area (TPSA) is 131 Å². The number of carboxylic acid groups (broad SMARTS) is 1. The van der Waals surface area contributed by atoms with Gasteiger partial charge in [0.15, 0.2) is 0 Å². The lowest BCUT2D eigenvalue weighted by Crippen LogP contribution is -2.71. The van der Waals surface area contributed by atoms with Crippen molar-refractivity contribution in [1.82, 2.24) is 20.0 Å². The molecule has 3 rings (SSSR count). The van der Waals surface area contributed by atoms with Gasteiger partial charge in [0.1, 0.15) is 29.8 Å². The number of carboxylic acids is 1. The minimum Gasteiger partial charge on any atom is -0.477 e. The van der Waals surface area contributed by atoms with Gasteiger partial charge in [-0.15, -0.1) is 11.8 Å². The maximum atomic E-state index is 12.6. The average molecular weight is 443 g/mol. The van der Waals surface area contributed by atoms with E-state index < -0.39 is 41.2 Å². The van der Waals surface area contributed by atoms with E-state index in [0.29, 0.717) is 16.3 Å². The molecule has 0 saturated carbocycles. The molecule has 0 aliphatic carbocycles. The summed E-state index contributed by atoms with van der Waals surface area (Å²) in [5.41, 5.74) is 0.754. The first-order chi connectivity index (χ1) is 13.6. The summed E-state index contributed by atoms with van der Waals surface area (Å²) in [5.74, 6) is -2.53. The zero-order chi connectivity index (χ0) is 21.5. The molecule has 3 unspecified atom stereocenters. The van der Waals surface area contributed by atoms with Gasteiger partial charge in [0.25, 0.3) is 5.91 Å². The highest BCUT2D eigenvalue weighted by Crippen LogP contribution is 2.40. The summed E-state index contributed by atoms with van der Waals surface area (Å²) in [6, 6.07) is -1.56. The lowest BCUT2D eigenvalue weighted by atomic mass is 10.0. The number of aromatic nitrogens is 2. The highest BCUT2D eigenvalue weighted by atomic mass is 35.5. The number of aliphatic carboxylic acids is 1. The fourth-order valence-corrected chi connectivity index (χ4v) is 4.62. The van der Waals surface area contributed by atoms with Crippen molar-refractivity contribution in [3.63, 3.8) is 0 Å². The SMILES string of the molecule is CC(=O)OCC1=C(C(=O)O)N2C(=O)C(NC(=O)C(C)n3ncc(Cl)c3C)C2SC1. The fraction of sp³-hybridized carbons (Fsp3) is 0.471. The maximum Gasteiger partial charge on any atom is 0.352 e. The number of β-lactam (4-membered cyclic amide) rings is 1. The van der Waals surface area contributed by atoms with E-state index in [1.54, 1.807) is 13.8 Å². The van der Waals surface area contributed by atoms with Crippen molar-refractivity contribution in [2.75, 3.05) is 12.4 Å². The summed E-state index contributed by atoms with van der Waals surface area (Å²) in [4.78, 5) is 49.1. The number of hydrogen-bond donors (Lipinski definition) is 2. The first-order valence-electron chi connectivity index (χ1n) is 8.66. The number of fused-ring (bicyclic) bond motifs is 1. The van der Waals surface area contributed by atoms with Gasteiger partial charge in [0.2, 0.25) is 5.91 Å². The van der Waals surface area contributed by atoms with Gasteiger partial charge in [-0.25, -0.2) is 4.79 Å². The standard InChI is InChI=1S/C17H19ClN4O6S/c1-7-11(18)4-19-22(7)8(2)14(24)20-12-15(25)21-13(17(26)27)10(5-28-9(3)23)6-29-16(12)21/h4,8,12,16H,5-6H2,1-3H3,(H,20,24)(H,26,27). The van der Waals surface area contributed by atoms with E-state index in [0.717, 1.165) is 4.90 Å². The predicted octanol–water partition coefficient (Wildman–Crippen LogP) is 0.708. The van der Waals surface area contributed by atoms with E-state index in [-0.39, 0.29) is 18.1 Å². The van der Waals surface area contributed by atoms with Crippen molar-refractivity contribution in [3.8, 4) is 0 Å². The molecule has 0 aromatic carbocycles. The van der Waals surface area contributed by atoms with Crippen LogP contribution < -0.4 is 5.32 Å². The number of halogens is 1. The third-order valence-corrected chi connectivity index (χ3v) is 6.44. The summed E-state index contributed by atoms with van der Waals surface area (Å²) in [6.45, 7) is 4.37. The predicted molar refractivity (Wildman–Crippen MR) is 103 cm³/mol. The lowest BCUT2D eigenvalue weighted by Gasteiger charge is -2.49. The van der Waals surface area contributed by atoms with Crippen molar-refractivity contribution in [1.29, 1.82) is 0 Å². The van der Waals surface area contributed by atoms with Crippen LogP contribution in [0.1, 0.15) is 25.6 Å². The fourth-order valence-electron chi connectivity index (χ4n) is 3.16. The molecular formula is C17H19ClN4O6S. The number of nitrogens with one attached hydrogen (secondary N) is 1. The Morgan fingerprint density at radius 2 is 2.17 bits per heavy atom. The molecule has 0 spiro atoms. The molecule has 1 aromatic heterocycles. The van der Waals surface area contributed by atoms with Gasteiger partial charge in [0, 0.05) is 18.2 Å². The van der Waals surface area contributed by atoms with Crippen LogP contribution in [0.5, 0.6) is 0 Å². The molecule has 2 aliphatic heterocycles. The quantitative estimate of drug-likeness (QED) is 0.486. The Bertz CT molecular complexity index is 929. The Balaban J connectivity index is 1.73. The molecule has 2 amide bonds. The van der Waals surface area contributed by atoms with Crippen molar-refractivity contribution >= 4 is 47.1 Å². The number of ether oxygens (including phenoxy) is 1. The molecular weight excluding hydrogens is 424 g/mol. The monoisotopic (exact) mass is 442 g/mol. The van der Waals surface area contributed by atoms with Crippen molar-refractivity contribution in [2.45, 2.75) is 38.2 Å². The van der Waals surface area contributed by atoms with Crippen LogP contribution in [0.4, 0.5) is 0 Å². The van der Waals surface area contributed by atoms with Crippen molar-refractivity contribution in [3.05, 3.63) is 28.2 Å². The zero-order valence-electron chi connectivity index (χ0n) is 15.8. The number of esters is 1. The van der Waals surface area contributed by atoms with E-state index in [1.165, 1.54) is 29.6 Å². The zero-order valence-corrected chi connectivity index (χ0v) is 17.4. The van der Waals surface area contributed by atoms with Crippen molar-refractivity contribution in [2.24, 2.45) is 0 Å². The third-order valence-electron chi connectivity index (χ3n) is 4.73. The van der Waals surface area contributed by atoms with Crippen molar-refractivity contribution < 1.29 is 29.0 Å². The molecule has 0 radical (unpaired) electrons. The third kappa shape index (κ3) is 3.84. The van der Waals surface area contributed by atoms with Gasteiger partial charge in [-0.3, -0.25) is 24.0 Å². The molecule has 3 atom stereocenters. The number of hydrogen-bond acceptors (Lipinski definition) is 7. The van der Waals surface area contributed by atoms with Gasteiger partial charge in [-0.1, -0.05) is 11.6 Å². The minimum atomic E-state index is -1.29. The van der Waals surface area contributed by atoms with Crippen LogP contribution in [0.25, 0.3) is 0 Å². The van der Waals surface area contributed by atoms with Gasteiger partial charge in [-0.05, 0) is 13.8 Å². The summed E-state index contributed by atoms with van der Waals surface area (Å²) < 4.78 is 6.34. The molecule has 1 aromatic rings. The highest BCUT2D eigenvalue weighted by molar-refractivity contribution is 8.00. The van der Waals surface area contributed by atoms with E-state index in [4.69, 9.17) is 16.3 Å². The summed E-state index contributed by atoms with van der Waals surface area (Å²) in [7, 11) is 0. The number of carbonyl (C=O) groups excluding carboxylic acids is 3. The molecule has 2 N–H and O–H groups in total. The molecule has 29 heavy (non-hydrogen) atoms. The normalized spacial score (nSPS) is 21.9. The molecule has 1 fully saturated rings. The largest absolute Gasteiger partial charge is 0.477 e. The highest BCUT2D eigenvalue weighted by Gasteiger charge is 2.54. The minimum absolute atomic E-state index is 0.201. The number of thioether (sulfide) groups is 1. The van der Waals surface area contributed by atoms with E-state index >= 15 is 0 Å². The van der Waals surface area contributed by atoms with Crippen LogP contribution in [-0.4, -0.2) is 67.3 Å². The first-order valence-corrected chi connectivity index (χ1v) is 10.1. The smallest absolute Gasteiger partial charge is 0.352 e. The molecule has 12 heteroatoms. The maximum absolute atomic E-state index is 12.6. The Hall–Kier alpha value is -2.53. The second-order valence-electron chi connectivity index (χ2n) is 6.63. The Kier molecular flexibility index (Phi) is 5.90. The van der Waals surface area contributed by atoms with Crippen LogP contribution in [-0.2, 0) is 23.9 Å². The number of nitrogens with zero attached hydrogens (tertiary/aromatic N) is 3. The van der Waals surface area contributed by atoms with Crippen LogP contribution in [0.3, 0.4) is 0 Å². The number of amides is 2. The van der Waals surface area contributed by atoms with Gasteiger partial charge in [0.05, 0.1) is 16.9 Å². The van der Waals surface area contributed by atoms with E-state index in [2.05, 4.69) is 10.4 Å². The Morgan fingerprint density at radius 3 is 2.72 bits per heavy atom. The molecule has 2 aliphatic rings. The van der Waals surface area contributed by atoms with Crippen LogP contribution in [0, 0.1) is 6.92 Å². The molecule has 3 heterocycles. The number of rotatable bonds is 6. The second kappa shape index (κ2) is 8.07. The Morgan fingerprint density at radius 1 is 1.48 bits per heavy atom. The second-order valence-corrected chi connectivity index (χ2v) is 8.14. The average Bonchev–Trinajstić information content (AvgIpc) is 3.01. The van der Waals surface area contributed by atoms with E-state index in [9.17, 15) is 24.3 Å². The molecule has 10 nitrogen and oxygen atoms in total. The van der Waals surface area contributed by atoms with E-state index in [1.807, 2.05) is 0 Å². The van der Waals surface area contributed by atoms with Gasteiger partial charge >= 0.3 is 11.9 Å². The lowest BCUT2D eigenvalue weighted by molar-refractivity contribution is -0.151. The van der Waals surface area contributed by atoms with Gasteiger partial charge in [-0.2, -0.15) is 5.10 Å². The van der Waals surface area contributed by atoms with Crippen LogP contribution in [0.15, 0.2) is 17.5 Å². The molecule has 0 bridgehead atoms. The Labute approximate surface area is 175 Å². The van der Waals surface area contributed by atoms with Crippen LogP contribution in [0.2, 0.25) is 5.02 Å². The van der Waals surface area contributed by atoms with Crippen LogP contribution >= 0.6 is 23.4 Å². The summed E-state index contributed by atoms with van der Waals surface area (Å²) in [6.07, 6.45) is 1.43. The molecule has 156 valence electrons. The van der Waals surface area contributed by atoms with Gasteiger partial charge < -0.3 is 15.2 Å². The first kappa shape index (κ1) is 21.2. The number of carbonyl (C=O) groups is 4. The summed E-state index contributed by atoms with van der Waals surface area (Å²) in [5, 5.41) is 16.1. The molecule has 1 saturated heterocycles.